The molecule has 0 radical (unpaired) electrons. The number of nitrogens with one attached hydrogen (secondary N) is 1. The van der Waals surface area contributed by atoms with Crippen molar-refractivity contribution >= 4 is 56.2 Å². The fourth-order valence-corrected chi connectivity index (χ4v) is 3.82. The molecule has 26 heavy (non-hydrogen) atoms. The van der Waals surface area contributed by atoms with E-state index in [1.165, 1.54) is 17.3 Å². The van der Waals surface area contributed by atoms with E-state index in [2.05, 4.69) is 39.2 Å². The van der Waals surface area contributed by atoms with Crippen LogP contribution >= 0.6 is 39.9 Å². The van der Waals surface area contributed by atoms with Crippen LogP contribution in [0.1, 0.15) is 23.7 Å². The van der Waals surface area contributed by atoms with Gasteiger partial charge in [-0.05, 0) is 42.3 Å². The molecule has 7 heteroatoms. The zero-order valence-corrected chi connectivity index (χ0v) is 17.3. The van der Waals surface area contributed by atoms with Crippen LogP contribution in [0.5, 0.6) is 5.75 Å². The minimum Gasteiger partial charge on any atom is -0.493 e. The first-order chi connectivity index (χ1) is 12.5. The number of thioether (sulfide) groups is 1. The normalized spacial score (nSPS) is 15.4. The minimum absolute atomic E-state index is 0.175. The highest BCUT2D eigenvalue weighted by Crippen LogP contribution is 2.31. The van der Waals surface area contributed by atoms with Crippen LogP contribution in [-0.4, -0.2) is 21.8 Å². The Morgan fingerprint density at radius 1 is 1.35 bits per heavy atom. The number of hydrogen-bond donors (Lipinski definition) is 1. The third-order valence-corrected chi connectivity index (χ3v) is 5.47. The Morgan fingerprint density at radius 2 is 2.19 bits per heavy atom. The first kappa shape index (κ1) is 19.1. The summed E-state index contributed by atoms with van der Waals surface area (Å²) in [4.78, 5) is 16.9. The predicted octanol–water partition coefficient (Wildman–Crippen LogP) is 4.52. The molecule has 1 fully saturated rings. The summed E-state index contributed by atoms with van der Waals surface area (Å²) >= 11 is 9.75. The molecule has 1 aliphatic heterocycles. The van der Waals surface area contributed by atoms with Crippen LogP contribution in [-0.2, 0) is 17.6 Å². The van der Waals surface area contributed by atoms with Crippen molar-refractivity contribution in [2.24, 2.45) is 0 Å². The second kappa shape index (κ2) is 8.79. The molecule has 2 aromatic rings. The number of rotatable bonds is 6. The quantitative estimate of drug-likeness (QED) is 0.519. The maximum absolute atomic E-state index is 11.9. The van der Waals surface area contributed by atoms with Crippen molar-refractivity contribution in [3.8, 4) is 5.75 Å². The van der Waals surface area contributed by atoms with E-state index in [1.807, 2.05) is 30.5 Å². The van der Waals surface area contributed by atoms with Crippen molar-refractivity contribution < 1.29 is 9.53 Å². The van der Waals surface area contributed by atoms with Gasteiger partial charge in [0.25, 0.3) is 5.91 Å². The van der Waals surface area contributed by atoms with Crippen molar-refractivity contribution in [1.82, 2.24) is 10.3 Å². The molecule has 0 aliphatic carbocycles. The fraction of sp³-hybridized carbons (Fsp3) is 0.211. The minimum atomic E-state index is -0.175. The van der Waals surface area contributed by atoms with Gasteiger partial charge in [0.2, 0.25) is 0 Å². The van der Waals surface area contributed by atoms with Crippen LogP contribution < -0.4 is 10.1 Å². The number of benzene rings is 1. The number of amides is 1. The predicted molar refractivity (Wildman–Crippen MR) is 113 cm³/mol. The second-order valence-electron chi connectivity index (χ2n) is 5.64. The van der Waals surface area contributed by atoms with Crippen molar-refractivity contribution in [3.63, 3.8) is 0 Å². The number of pyridine rings is 1. The Kier molecular flexibility index (Phi) is 6.45. The smallest absolute Gasteiger partial charge is 0.263 e. The number of ether oxygens (including phenoxy) is 1. The van der Waals surface area contributed by atoms with E-state index >= 15 is 0 Å². The van der Waals surface area contributed by atoms with Gasteiger partial charge in [-0.3, -0.25) is 9.78 Å². The summed E-state index contributed by atoms with van der Waals surface area (Å²) in [6.07, 6.45) is 5.41. The van der Waals surface area contributed by atoms with Crippen LogP contribution in [0, 0.1) is 0 Å². The molecule has 1 amide bonds. The zero-order valence-electron chi connectivity index (χ0n) is 14.1. The van der Waals surface area contributed by atoms with Gasteiger partial charge in [0.15, 0.2) is 0 Å². The van der Waals surface area contributed by atoms with Crippen LogP contribution in [0.15, 0.2) is 45.9 Å². The summed E-state index contributed by atoms with van der Waals surface area (Å²) in [6.45, 7) is 2.62. The number of aryl methyl sites for hydroxylation is 1. The highest BCUT2D eigenvalue weighted by molar-refractivity contribution is 9.10. The van der Waals surface area contributed by atoms with Crippen molar-refractivity contribution in [2.45, 2.75) is 19.8 Å². The van der Waals surface area contributed by atoms with Crippen molar-refractivity contribution in [2.75, 3.05) is 6.61 Å². The zero-order chi connectivity index (χ0) is 18.5. The molecule has 2 heterocycles. The molecule has 0 bridgehead atoms. The average molecular weight is 449 g/mol. The molecule has 0 atom stereocenters. The van der Waals surface area contributed by atoms with E-state index in [-0.39, 0.29) is 5.91 Å². The summed E-state index contributed by atoms with van der Waals surface area (Å²) in [5, 5.41) is 2.62. The van der Waals surface area contributed by atoms with Crippen molar-refractivity contribution in [3.05, 3.63) is 62.7 Å². The lowest BCUT2D eigenvalue weighted by atomic mass is 10.2. The third-order valence-electron chi connectivity index (χ3n) is 3.81. The first-order valence-electron chi connectivity index (χ1n) is 8.16. The Balaban J connectivity index is 1.70. The monoisotopic (exact) mass is 448 g/mol. The highest BCUT2D eigenvalue weighted by atomic mass is 79.9. The number of hydrogen-bond acceptors (Lipinski definition) is 5. The van der Waals surface area contributed by atoms with Crippen LogP contribution in [0.4, 0.5) is 0 Å². The highest BCUT2D eigenvalue weighted by Gasteiger charge is 2.22. The van der Waals surface area contributed by atoms with Gasteiger partial charge in [-0.1, -0.05) is 52.9 Å². The maximum atomic E-state index is 11.9. The topological polar surface area (TPSA) is 51.2 Å². The van der Waals surface area contributed by atoms with Gasteiger partial charge in [0, 0.05) is 28.3 Å². The van der Waals surface area contributed by atoms with Gasteiger partial charge >= 0.3 is 0 Å². The molecule has 1 aromatic carbocycles. The van der Waals surface area contributed by atoms with E-state index in [9.17, 15) is 4.79 Å². The van der Waals surface area contributed by atoms with E-state index in [1.54, 1.807) is 6.08 Å². The standard InChI is InChI=1S/C19H17BrN2O2S2/c1-2-12-3-5-15(21-11-12)7-8-24-16-6-4-14(20)9-13(16)10-17-18(23)22-19(25)26-17/h3-6,9-11H,2,7-8H2,1H3,(H,22,23,25). The SMILES string of the molecule is CCc1ccc(CCOc2ccc(Br)cc2C=C2SC(=S)NC2=O)nc1. The lowest BCUT2D eigenvalue weighted by Gasteiger charge is -2.10. The fourth-order valence-electron chi connectivity index (χ4n) is 2.40. The molecule has 1 saturated heterocycles. The van der Waals surface area contributed by atoms with Crippen molar-refractivity contribution in [1.29, 1.82) is 0 Å². The largest absolute Gasteiger partial charge is 0.493 e. The summed E-state index contributed by atoms with van der Waals surface area (Å²) < 4.78 is 7.33. The number of halogens is 1. The Labute approximate surface area is 170 Å². The lowest BCUT2D eigenvalue weighted by molar-refractivity contribution is -0.115. The Morgan fingerprint density at radius 3 is 2.85 bits per heavy atom. The van der Waals surface area contributed by atoms with Gasteiger partial charge in [0.05, 0.1) is 11.5 Å². The molecule has 1 aromatic heterocycles. The lowest BCUT2D eigenvalue weighted by Crippen LogP contribution is -2.17. The summed E-state index contributed by atoms with van der Waals surface area (Å²) in [7, 11) is 0. The van der Waals surface area contributed by atoms with Gasteiger partial charge in [-0.2, -0.15) is 0 Å². The summed E-state index contributed by atoms with van der Waals surface area (Å²) in [6, 6.07) is 9.85. The molecule has 0 spiro atoms. The molecular formula is C19H17BrN2O2S2. The van der Waals surface area contributed by atoms with Gasteiger partial charge in [-0.25, -0.2) is 0 Å². The van der Waals surface area contributed by atoms with Gasteiger partial charge < -0.3 is 10.1 Å². The molecule has 0 saturated carbocycles. The molecule has 134 valence electrons. The van der Waals surface area contributed by atoms with Gasteiger partial charge in [-0.15, -0.1) is 0 Å². The number of carbonyl (C=O) groups is 1. The number of carbonyl (C=O) groups excluding carboxylic acids is 1. The third kappa shape index (κ3) is 4.93. The Bertz CT molecular complexity index is 866. The number of aromatic nitrogens is 1. The molecule has 4 nitrogen and oxygen atoms in total. The number of thiocarbonyl (C=S) groups is 1. The summed E-state index contributed by atoms with van der Waals surface area (Å²) in [5.74, 6) is 0.545. The van der Waals surface area contributed by atoms with E-state index in [4.69, 9.17) is 17.0 Å². The van der Waals surface area contributed by atoms with Gasteiger partial charge in [0.1, 0.15) is 10.1 Å². The first-order valence-corrected chi connectivity index (χ1v) is 10.2. The molecule has 1 N–H and O–H groups in total. The van der Waals surface area contributed by atoms with E-state index < -0.39 is 0 Å². The van der Waals surface area contributed by atoms with Crippen LogP contribution in [0.2, 0.25) is 0 Å². The molecular weight excluding hydrogens is 432 g/mol. The number of nitrogens with zero attached hydrogens (tertiary/aromatic N) is 1. The van der Waals surface area contributed by atoms with Crippen LogP contribution in [0.3, 0.4) is 0 Å². The van der Waals surface area contributed by atoms with Crippen LogP contribution in [0.25, 0.3) is 6.08 Å². The summed E-state index contributed by atoms with van der Waals surface area (Å²) in [5.41, 5.74) is 3.05. The van der Waals surface area contributed by atoms with E-state index in [0.717, 1.165) is 34.3 Å². The molecule has 0 unspecified atom stereocenters. The second-order valence-corrected chi connectivity index (χ2v) is 8.28. The van der Waals surface area contributed by atoms with E-state index in [0.29, 0.717) is 15.8 Å². The molecule has 3 rings (SSSR count). The Hall–Kier alpha value is -1.70. The maximum Gasteiger partial charge on any atom is 0.263 e. The average Bonchev–Trinajstić information content (AvgIpc) is 2.94. The molecule has 1 aliphatic rings.